The zero-order chi connectivity index (χ0) is 14.5. The fourth-order valence-corrected chi connectivity index (χ4v) is 1.95. The van der Waals surface area contributed by atoms with E-state index < -0.39 is 11.8 Å². The van der Waals surface area contributed by atoms with Crippen molar-refractivity contribution in [3.05, 3.63) is 29.3 Å². The molecule has 1 heterocycles. The topological polar surface area (TPSA) is 93.2 Å². The van der Waals surface area contributed by atoms with Crippen molar-refractivity contribution in [2.24, 2.45) is 0 Å². The molecule has 0 saturated heterocycles. The van der Waals surface area contributed by atoms with Crippen LogP contribution in [-0.4, -0.2) is 29.1 Å². The van der Waals surface area contributed by atoms with Gasteiger partial charge in [-0.15, -0.1) is 10.2 Å². The lowest BCUT2D eigenvalue weighted by atomic mass is 10.3. The largest absolute Gasteiger partial charge is 0.497 e. The summed E-state index contributed by atoms with van der Waals surface area (Å²) < 4.78 is 5.00. The molecule has 0 atom stereocenters. The number of methoxy groups -OCH3 is 1. The number of hydrogen-bond donors (Lipinski definition) is 2. The van der Waals surface area contributed by atoms with E-state index in [-0.39, 0.29) is 5.13 Å². The standard InChI is InChI=1S/C12H12N4O3S/c1-7-15-16-12(20-7)14-11(18)10(17)13-8-3-5-9(19-2)6-4-8/h3-6H,1-2H3,(H,13,17)(H,14,16,18). The van der Waals surface area contributed by atoms with E-state index in [4.69, 9.17) is 4.74 Å². The number of carbonyl (C=O) groups is 2. The van der Waals surface area contributed by atoms with Crippen molar-refractivity contribution >= 4 is 34.0 Å². The Bertz CT molecular complexity index is 624. The molecule has 0 fully saturated rings. The molecule has 0 aliphatic carbocycles. The molecule has 0 unspecified atom stereocenters. The van der Waals surface area contributed by atoms with Gasteiger partial charge in [-0.25, -0.2) is 0 Å². The van der Waals surface area contributed by atoms with Gasteiger partial charge in [0, 0.05) is 5.69 Å². The highest BCUT2D eigenvalue weighted by Crippen LogP contribution is 2.16. The van der Waals surface area contributed by atoms with E-state index in [1.807, 2.05) is 0 Å². The Balaban J connectivity index is 1.94. The van der Waals surface area contributed by atoms with Gasteiger partial charge < -0.3 is 10.1 Å². The molecule has 104 valence electrons. The Morgan fingerprint density at radius 1 is 1.10 bits per heavy atom. The molecule has 1 aromatic heterocycles. The molecule has 20 heavy (non-hydrogen) atoms. The van der Waals surface area contributed by atoms with E-state index >= 15 is 0 Å². The number of amides is 2. The van der Waals surface area contributed by atoms with E-state index in [0.717, 1.165) is 0 Å². The maximum absolute atomic E-state index is 11.7. The number of aryl methyl sites for hydroxylation is 1. The van der Waals surface area contributed by atoms with Gasteiger partial charge in [0.25, 0.3) is 0 Å². The van der Waals surface area contributed by atoms with E-state index in [1.54, 1.807) is 38.3 Å². The molecule has 2 rings (SSSR count). The minimum Gasteiger partial charge on any atom is -0.497 e. The maximum Gasteiger partial charge on any atom is 0.315 e. The highest BCUT2D eigenvalue weighted by Gasteiger charge is 2.15. The molecule has 8 heteroatoms. The van der Waals surface area contributed by atoms with Crippen LogP contribution >= 0.6 is 11.3 Å². The fourth-order valence-electron chi connectivity index (χ4n) is 1.36. The van der Waals surface area contributed by atoms with Crippen molar-refractivity contribution in [1.29, 1.82) is 0 Å². The molecular weight excluding hydrogens is 280 g/mol. The lowest BCUT2D eigenvalue weighted by Gasteiger charge is -2.05. The molecule has 1 aromatic carbocycles. The highest BCUT2D eigenvalue weighted by atomic mass is 32.1. The van der Waals surface area contributed by atoms with E-state index in [1.165, 1.54) is 11.3 Å². The zero-order valence-electron chi connectivity index (χ0n) is 10.8. The van der Waals surface area contributed by atoms with Gasteiger partial charge in [0.2, 0.25) is 5.13 Å². The molecule has 2 aromatic rings. The summed E-state index contributed by atoms with van der Waals surface area (Å²) in [6, 6.07) is 6.64. The van der Waals surface area contributed by atoms with Crippen LogP contribution in [0.25, 0.3) is 0 Å². The van der Waals surface area contributed by atoms with Crippen molar-refractivity contribution in [3.63, 3.8) is 0 Å². The van der Waals surface area contributed by atoms with Crippen LogP contribution in [0.1, 0.15) is 5.01 Å². The van der Waals surface area contributed by atoms with Crippen LogP contribution in [0.4, 0.5) is 10.8 Å². The maximum atomic E-state index is 11.7. The first kappa shape index (κ1) is 13.9. The van der Waals surface area contributed by atoms with Crippen LogP contribution in [0.3, 0.4) is 0 Å². The summed E-state index contributed by atoms with van der Waals surface area (Å²) in [5.41, 5.74) is 0.499. The SMILES string of the molecule is COc1ccc(NC(=O)C(=O)Nc2nnc(C)s2)cc1. The van der Waals surface area contributed by atoms with Crippen LogP contribution < -0.4 is 15.4 Å². The highest BCUT2D eigenvalue weighted by molar-refractivity contribution is 7.15. The number of carbonyl (C=O) groups excluding carboxylic acids is 2. The first-order valence-corrected chi connectivity index (χ1v) is 6.46. The first-order chi connectivity index (χ1) is 9.58. The van der Waals surface area contributed by atoms with E-state index in [9.17, 15) is 9.59 Å². The summed E-state index contributed by atoms with van der Waals surface area (Å²) in [5, 5.41) is 13.3. The first-order valence-electron chi connectivity index (χ1n) is 5.65. The second kappa shape index (κ2) is 6.11. The van der Waals surface area contributed by atoms with Gasteiger partial charge in [-0.05, 0) is 31.2 Å². The predicted molar refractivity (Wildman–Crippen MR) is 74.9 cm³/mol. The summed E-state index contributed by atoms with van der Waals surface area (Å²) >= 11 is 1.19. The van der Waals surface area contributed by atoms with E-state index in [2.05, 4.69) is 20.8 Å². The molecule has 0 radical (unpaired) electrons. The lowest BCUT2D eigenvalue weighted by Crippen LogP contribution is -2.29. The number of benzene rings is 1. The number of aromatic nitrogens is 2. The molecule has 2 N–H and O–H groups in total. The van der Waals surface area contributed by atoms with Gasteiger partial charge in [0.1, 0.15) is 10.8 Å². The molecule has 0 spiro atoms. The summed E-state index contributed by atoms with van der Waals surface area (Å²) in [5.74, 6) is -0.906. The third kappa shape index (κ3) is 3.51. The van der Waals surface area contributed by atoms with Crippen LogP contribution in [0.5, 0.6) is 5.75 Å². The second-order valence-electron chi connectivity index (χ2n) is 3.76. The smallest absolute Gasteiger partial charge is 0.315 e. The predicted octanol–water partition coefficient (Wildman–Crippen LogP) is 1.43. The van der Waals surface area contributed by atoms with Crippen LogP contribution in [-0.2, 0) is 9.59 Å². The molecule has 0 saturated carbocycles. The Morgan fingerprint density at radius 2 is 1.75 bits per heavy atom. The Hall–Kier alpha value is -2.48. The van der Waals surface area contributed by atoms with Crippen LogP contribution in [0.15, 0.2) is 24.3 Å². The number of anilines is 2. The molecule has 2 amide bonds. The number of rotatable bonds is 3. The average Bonchev–Trinajstić information content (AvgIpc) is 2.85. The van der Waals surface area contributed by atoms with Crippen molar-refractivity contribution in [3.8, 4) is 5.75 Å². The Labute approximate surface area is 119 Å². The molecular formula is C12H12N4O3S. The van der Waals surface area contributed by atoms with Crippen LogP contribution in [0.2, 0.25) is 0 Å². The summed E-state index contributed by atoms with van der Waals surface area (Å²) in [7, 11) is 1.55. The van der Waals surface area contributed by atoms with Crippen molar-refractivity contribution < 1.29 is 14.3 Å². The molecule has 0 aliphatic heterocycles. The number of ether oxygens (including phenoxy) is 1. The lowest BCUT2D eigenvalue weighted by molar-refractivity contribution is -0.133. The van der Waals surface area contributed by atoms with Gasteiger partial charge in [0.05, 0.1) is 7.11 Å². The Morgan fingerprint density at radius 3 is 2.30 bits per heavy atom. The molecule has 0 aliphatic rings. The van der Waals surface area contributed by atoms with Crippen molar-refractivity contribution in [2.75, 3.05) is 17.7 Å². The van der Waals surface area contributed by atoms with Crippen LogP contribution in [0, 0.1) is 6.92 Å². The van der Waals surface area contributed by atoms with Crippen molar-refractivity contribution in [1.82, 2.24) is 10.2 Å². The number of hydrogen-bond acceptors (Lipinski definition) is 6. The normalized spacial score (nSPS) is 9.90. The third-order valence-corrected chi connectivity index (χ3v) is 3.05. The summed E-state index contributed by atoms with van der Waals surface area (Å²) in [6.45, 7) is 1.75. The van der Waals surface area contributed by atoms with Gasteiger partial charge in [-0.1, -0.05) is 11.3 Å². The van der Waals surface area contributed by atoms with Gasteiger partial charge in [-0.3, -0.25) is 14.9 Å². The zero-order valence-corrected chi connectivity index (χ0v) is 11.7. The summed E-state index contributed by atoms with van der Waals surface area (Å²) in [6.07, 6.45) is 0. The number of nitrogens with zero attached hydrogens (tertiary/aromatic N) is 2. The Kier molecular flexibility index (Phi) is 4.26. The molecule has 0 bridgehead atoms. The molecule has 7 nitrogen and oxygen atoms in total. The number of nitrogens with one attached hydrogen (secondary N) is 2. The quantitative estimate of drug-likeness (QED) is 0.835. The summed E-state index contributed by atoms with van der Waals surface area (Å²) in [4.78, 5) is 23.3. The van der Waals surface area contributed by atoms with Crippen molar-refractivity contribution in [2.45, 2.75) is 6.92 Å². The average molecular weight is 292 g/mol. The van der Waals surface area contributed by atoms with E-state index in [0.29, 0.717) is 16.4 Å². The fraction of sp³-hybridized carbons (Fsp3) is 0.167. The third-order valence-electron chi connectivity index (χ3n) is 2.30. The minimum atomic E-state index is -0.794. The van der Waals surface area contributed by atoms with Gasteiger partial charge >= 0.3 is 11.8 Å². The minimum absolute atomic E-state index is 0.289. The second-order valence-corrected chi connectivity index (χ2v) is 4.94. The van der Waals surface area contributed by atoms with Gasteiger partial charge in [-0.2, -0.15) is 0 Å². The monoisotopic (exact) mass is 292 g/mol. The van der Waals surface area contributed by atoms with Gasteiger partial charge in [0.15, 0.2) is 0 Å².